The lowest BCUT2D eigenvalue weighted by Gasteiger charge is -2.37. The third-order valence-corrected chi connectivity index (χ3v) is 8.43. The lowest BCUT2D eigenvalue weighted by atomic mass is 9.87. The van der Waals surface area contributed by atoms with Crippen LogP contribution in [0.1, 0.15) is 35.6 Å². The van der Waals surface area contributed by atoms with Gasteiger partial charge in [0, 0.05) is 50.7 Å². The summed E-state index contributed by atoms with van der Waals surface area (Å²) in [5.74, 6) is -1.65. The molecule has 2 aliphatic rings. The SMILES string of the molecule is COC(=O)N1CCN(C(=O)C2CN(c3ccc(C#N)nn3)CC2c2ccc(F)cc2F)CCCC1Cc1cccc(OC)c1. The Morgan fingerprint density at radius 3 is 2.57 bits per heavy atom. The van der Waals surface area contributed by atoms with E-state index < -0.39 is 29.6 Å². The van der Waals surface area contributed by atoms with Crippen molar-refractivity contribution < 1.29 is 27.8 Å². The predicted octanol–water partition coefficient (Wildman–Crippen LogP) is 4.16. The normalized spacial score (nSPS) is 20.4. The third-order valence-electron chi connectivity index (χ3n) is 8.43. The van der Waals surface area contributed by atoms with Crippen LogP contribution < -0.4 is 9.64 Å². The molecule has 230 valence electrons. The van der Waals surface area contributed by atoms with Crippen molar-refractivity contribution in [3.8, 4) is 11.8 Å². The molecule has 2 amide bonds. The molecular weight excluding hydrogens is 570 g/mol. The molecule has 2 aliphatic heterocycles. The number of nitriles is 1. The average Bonchev–Trinajstić information content (AvgIpc) is 3.47. The molecule has 0 N–H and O–H groups in total. The van der Waals surface area contributed by atoms with Crippen LogP contribution in [0.3, 0.4) is 0 Å². The molecule has 3 atom stereocenters. The van der Waals surface area contributed by atoms with Crippen molar-refractivity contribution in [3.05, 3.63) is 83.1 Å². The van der Waals surface area contributed by atoms with E-state index in [-0.39, 0.29) is 49.4 Å². The van der Waals surface area contributed by atoms with E-state index in [2.05, 4.69) is 10.2 Å². The van der Waals surface area contributed by atoms with Crippen molar-refractivity contribution in [2.45, 2.75) is 31.2 Å². The van der Waals surface area contributed by atoms with E-state index in [1.165, 1.54) is 25.3 Å². The maximum Gasteiger partial charge on any atom is 0.409 e. The van der Waals surface area contributed by atoms with E-state index in [9.17, 15) is 14.0 Å². The molecule has 3 heterocycles. The molecule has 3 unspecified atom stereocenters. The Morgan fingerprint density at radius 1 is 1.02 bits per heavy atom. The minimum absolute atomic E-state index is 0.134. The maximum atomic E-state index is 15.1. The van der Waals surface area contributed by atoms with Gasteiger partial charge in [0.05, 0.1) is 20.1 Å². The van der Waals surface area contributed by atoms with Crippen molar-refractivity contribution in [1.82, 2.24) is 20.0 Å². The van der Waals surface area contributed by atoms with Crippen LogP contribution in [0.2, 0.25) is 0 Å². The number of benzene rings is 2. The Balaban J connectivity index is 1.37. The van der Waals surface area contributed by atoms with Gasteiger partial charge in [-0.15, -0.1) is 10.2 Å². The zero-order chi connectivity index (χ0) is 31.2. The summed E-state index contributed by atoms with van der Waals surface area (Å²) in [6.07, 6.45) is 1.42. The van der Waals surface area contributed by atoms with E-state index in [0.717, 1.165) is 17.4 Å². The number of methoxy groups -OCH3 is 2. The molecule has 2 aromatic carbocycles. The Morgan fingerprint density at radius 2 is 1.86 bits per heavy atom. The highest BCUT2D eigenvalue weighted by Crippen LogP contribution is 2.37. The Kier molecular flexibility index (Phi) is 9.53. The number of hydrogen-bond donors (Lipinski definition) is 0. The number of halogens is 2. The molecule has 0 saturated carbocycles. The summed E-state index contributed by atoms with van der Waals surface area (Å²) >= 11 is 0. The van der Waals surface area contributed by atoms with Crippen molar-refractivity contribution in [2.75, 3.05) is 51.8 Å². The van der Waals surface area contributed by atoms with Gasteiger partial charge in [-0.3, -0.25) is 4.79 Å². The number of aromatic nitrogens is 2. The molecule has 0 bridgehead atoms. The number of carbonyl (C=O) groups is 2. The molecule has 5 rings (SSSR count). The van der Waals surface area contributed by atoms with Gasteiger partial charge < -0.3 is 24.2 Å². The first-order valence-electron chi connectivity index (χ1n) is 14.5. The fourth-order valence-electron chi connectivity index (χ4n) is 6.20. The zero-order valence-corrected chi connectivity index (χ0v) is 24.7. The second-order valence-corrected chi connectivity index (χ2v) is 11.0. The fraction of sp³-hybridized carbons (Fsp3) is 0.406. The van der Waals surface area contributed by atoms with E-state index >= 15 is 4.39 Å². The molecule has 0 aliphatic carbocycles. The van der Waals surface area contributed by atoms with Crippen molar-refractivity contribution in [1.29, 1.82) is 5.26 Å². The van der Waals surface area contributed by atoms with Gasteiger partial charge in [-0.05, 0) is 60.7 Å². The number of carbonyl (C=O) groups excluding carboxylic acids is 2. The molecule has 10 nitrogen and oxygen atoms in total. The van der Waals surface area contributed by atoms with Crippen LogP contribution in [0.5, 0.6) is 5.75 Å². The van der Waals surface area contributed by atoms with E-state index in [1.807, 2.05) is 35.2 Å². The Labute approximate surface area is 254 Å². The molecule has 44 heavy (non-hydrogen) atoms. The molecule has 1 aromatic heterocycles. The molecule has 12 heteroatoms. The van der Waals surface area contributed by atoms with Crippen LogP contribution in [0.15, 0.2) is 54.6 Å². The smallest absolute Gasteiger partial charge is 0.409 e. The summed E-state index contributed by atoms with van der Waals surface area (Å²) in [5, 5.41) is 17.1. The van der Waals surface area contributed by atoms with Crippen LogP contribution in [0.4, 0.5) is 19.4 Å². The van der Waals surface area contributed by atoms with Crippen LogP contribution in [0.25, 0.3) is 0 Å². The van der Waals surface area contributed by atoms with Gasteiger partial charge in [0.1, 0.15) is 23.5 Å². The summed E-state index contributed by atoms with van der Waals surface area (Å²) in [6, 6.07) is 16.1. The lowest BCUT2D eigenvalue weighted by molar-refractivity contribution is -0.136. The molecule has 0 spiro atoms. The molecule has 2 saturated heterocycles. The minimum atomic E-state index is -0.717. The molecule has 0 radical (unpaired) electrons. The number of nitrogens with zero attached hydrogens (tertiary/aromatic N) is 6. The van der Waals surface area contributed by atoms with Crippen LogP contribution in [-0.4, -0.2) is 85.0 Å². The first kappa shape index (κ1) is 30.7. The van der Waals surface area contributed by atoms with Crippen molar-refractivity contribution >= 4 is 17.8 Å². The predicted molar refractivity (Wildman–Crippen MR) is 157 cm³/mol. The second-order valence-electron chi connectivity index (χ2n) is 11.0. The summed E-state index contributed by atoms with van der Waals surface area (Å²) < 4.78 is 39.3. The van der Waals surface area contributed by atoms with Gasteiger partial charge in [0.15, 0.2) is 11.5 Å². The number of rotatable bonds is 6. The van der Waals surface area contributed by atoms with Crippen LogP contribution in [0, 0.1) is 28.9 Å². The summed E-state index contributed by atoms with van der Waals surface area (Å²) in [4.78, 5) is 32.3. The highest BCUT2D eigenvalue weighted by atomic mass is 19.1. The van der Waals surface area contributed by atoms with Gasteiger partial charge in [-0.25, -0.2) is 13.6 Å². The first-order valence-corrected chi connectivity index (χ1v) is 14.5. The number of anilines is 1. The summed E-state index contributed by atoms with van der Waals surface area (Å²) in [5.41, 5.74) is 1.43. The molecule has 3 aromatic rings. The minimum Gasteiger partial charge on any atom is -0.497 e. The lowest BCUT2D eigenvalue weighted by Crippen LogP contribution is -2.50. The van der Waals surface area contributed by atoms with Crippen LogP contribution >= 0.6 is 0 Å². The highest BCUT2D eigenvalue weighted by Gasteiger charge is 2.42. The summed E-state index contributed by atoms with van der Waals surface area (Å²) in [6.45, 7) is 1.49. The Bertz CT molecular complexity index is 1530. The molecule has 2 fully saturated rings. The number of ether oxygens (including phenoxy) is 2. The van der Waals surface area contributed by atoms with E-state index in [0.29, 0.717) is 31.6 Å². The second kappa shape index (κ2) is 13.7. The van der Waals surface area contributed by atoms with Gasteiger partial charge in [-0.1, -0.05) is 18.2 Å². The van der Waals surface area contributed by atoms with E-state index in [4.69, 9.17) is 14.7 Å². The third kappa shape index (κ3) is 6.72. The van der Waals surface area contributed by atoms with Gasteiger partial charge in [-0.2, -0.15) is 5.26 Å². The Hall–Kier alpha value is -4.79. The van der Waals surface area contributed by atoms with E-state index in [1.54, 1.807) is 23.0 Å². The average molecular weight is 605 g/mol. The maximum absolute atomic E-state index is 15.1. The summed E-state index contributed by atoms with van der Waals surface area (Å²) in [7, 11) is 2.95. The van der Waals surface area contributed by atoms with Gasteiger partial charge in [0.2, 0.25) is 5.91 Å². The van der Waals surface area contributed by atoms with Crippen molar-refractivity contribution in [2.24, 2.45) is 5.92 Å². The fourth-order valence-corrected chi connectivity index (χ4v) is 6.20. The van der Waals surface area contributed by atoms with Gasteiger partial charge >= 0.3 is 6.09 Å². The number of amides is 2. The highest BCUT2D eigenvalue weighted by molar-refractivity contribution is 5.82. The largest absolute Gasteiger partial charge is 0.497 e. The quantitative estimate of drug-likeness (QED) is 0.413. The molecular formula is C32H34F2N6O4. The topological polar surface area (TPSA) is 112 Å². The number of hydrogen-bond acceptors (Lipinski definition) is 8. The van der Waals surface area contributed by atoms with Gasteiger partial charge in [0.25, 0.3) is 0 Å². The van der Waals surface area contributed by atoms with Crippen LogP contribution in [-0.2, 0) is 16.0 Å². The van der Waals surface area contributed by atoms with Crippen molar-refractivity contribution in [3.63, 3.8) is 0 Å². The monoisotopic (exact) mass is 604 g/mol. The standard InChI is InChI=1S/C32H34F2N6O4/c1-43-25-7-3-5-21(16-25)15-24-6-4-12-38(13-14-40(24)32(42)44-2)31(41)28-20-39(30-11-9-23(18-35)36-37-30)19-27(28)26-10-8-22(33)17-29(26)34/h3,5,7-11,16-17,24,27-28H,4,6,12-15,19-20H2,1-2H3. The zero-order valence-electron chi connectivity index (χ0n) is 24.7. The first-order chi connectivity index (χ1) is 21.3.